The summed E-state index contributed by atoms with van der Waals surface area (Å²) in [6.45, 7) is 2.49. The van der Waals surface area contributed by atoms with Crippen molar-refractivity contribution in [1.29, 1.82) is 0 Å². The smallest absolute Gasteiger partial charge is 0.412 e. The fraction of sp³-hybridized carbons (Fsp3) is 0.308. The van der Waals surface area contributed by atoms with E-state index in [1.807, 2.05) is 43.3 Å². The Morgan fingerprint density at radius 3 is 2.29 bits per heavy atom. The van der Waals surface area contributed by atoms with Gasteiger partial charge in [0, 0.05) is 32.1 Å². The minimum Gasteiger partial charge on any atom is -0.481 e. The maximum atomic E-state index is 12.9. The third-order valence-corrected chi connectivity index (χ3v) is 6.89. The number of fused-ring (bicyclic) bond motifs is 3. The van der Waals surface area contributed by atoms with Crippen molar-refractivity contribution in [1.82, 2.24) is 14.7 Å². The van der Waals surface area contributed by atoms with E-state index in [-0.39, 0.29) is 42.4 Å². The first-order chi connectivity index (χ1) is 16.8. The van der Waals surface area contributed by atoms with Crippen LogP contribution in [-0.4, -0.2) is 57.5 Å². The molecule has 2 aromatic carbocycles. The Kier molecular flexibility index (Phi) is 5.76. The van der Waals surface area contributed by atoms with E-state index < -0.39 is 18.0 Å². The van der Waals surface area contributed by atoms with E-state index in [0.717, 1.165) is 22.3 Å². The van der Waals surface area contributed by atoms with Gasteiger partial charge in [-0.15, -0.1) is 0 Å². The number of rotatable bonds is 5. The Bertz CT molecular complexity index is 1270. The van der Waals surface area contributed by atoms with Gasteiger partial charge in [0.05, 0.1) is 5.92 Å². The number of anilines is 1. The summed E-state index contributed by atoms with van der Waals surface area (Å²) in [5.41, 5.74) is 4.79. The maximum Gasteiger partial charge on any atom is 0.412 e. The van der Waals surface area contributed by atoms with Gasteiger partial charge in [0.1, 0.15) is 12.3 Å². The number of likely N-dealkylation sites (tertiary alicyclic amines) is 1. The number of ether oxygens (including phenoxy) is 1. The number of carboxylic acids is 1. The molecule has 0 unspecified atom stereocenters. The molecule has 0 spiro atoms. The molecule has 2 atom stereocenters. The lowest BCUT2D eigenvalue weighted by Gasteiger charge is -2.15. The number of hydrogen-bond donors (Lipinski definition) is 2. The van der Waals surface area contributed by atoms with Crippen molar-refractivity contribution in [2.75, 3.05) is 25.0 Å². The fourth-order valence-corrected chi connectivity index (χ4v) is 5.08. The highest BCUT2D eigenvalue weighted by molar-refractivity contribution is 5.95. The van der Waals surface area contributed by atoms with E-state index in [1.54, 1.807) is 7.05 Å². The number of amides is 2. The number of aryl methyl sites for hydroxylation is 1. The van der Waals surface area contributed by atoms with Crippen molar-refractivity contribution in [2.45, 2.75) is 12.8 Å². The number of carbonyl (C=O) groups is 3. The molecule has 0 radical (unpaired) electrons. The van der Waals surface area contributed by atoms with Crippen molar-refractivity contribution < 1.29 is 24.2 Å². The molecule has 2 amide bonds. The molecule has 1 saturated heterocycles. The Morgan fingerprint density at radius 1 is 1.06 bits per heavy atom. The van der Waals surface area contributed by atoms with Gasteiger partial charge >= 0.3 is 12.1 Å². The number of nitrogens with zero attached hydrogens (tertiary/aromatic N) is 3. The maximum absolute atomic E-state index is 12.9. The van der Waals surface area contributed by atoms with E-state index in [0.29, 0.717) is 6.54 Å². The number of hydrogen-bond acceptors (Lipinski definition) is 5. The van der Waals surface area contributed by atoms with Gasteiger partial charge in [-0.2, -0.15) is 5.10 Å². The number of benzene rings is 2. The molecule has 2 N–H and O–H groups in total. The third kappa shape index (κ3) is 4.14. The molecule has 2 heterocycles. The summed E-state index contributed by atoms with van der Waals surface area (Å²) in [4.78, 5) is 38.4. The zero-order valence-electron chi connectivity index (χ0n) is 19.5. The quantitative estimate of drug-likeness (QED) is 0.584. The summed E-state index contributed by atoms with van der Waals surface area (Å²) >= 11 is 0. The van der Waals surface area contributed by atoms with Gasteiger partial charge in [-0.25, -0.2) is 4.79 Å². The number of carbonyl (C=O) groups excluding carboxylic acids is 2. The molecule has 1 aromatic heterocycles. The van der Waals surface area contributed by atoms with E-state index >= 15 is 0 Å². The van der Waals surface area contributed by atoms with E-state index in [9.17, 15) is 19.5 Å². The molecule has 0 saturated carbocycles. The predicted octanol–water partition coefficient (Wildman–Crippen LogP) is 3.57. The van der Waals surface area contributed by atoms with Gasteiger partial charge in [0.2, 0.25) is 0 Å². The lowest BCUT2D eigenvalue weighted by molar-refractivity contribution is -0.142. The van der Waals surface area contributed by atoms with Crippen LogP contribution in [0.3, 0.4) is 0 Å². The molecular formula is C26H26N4O5. The number of aromatic nitrogens is 2. The summed E-state index contributed by atoms with van der Waals surface area (Å²) in [6, 6.07) is 17.7. The Hall–Kier alpha value is -4.14. The summed E-state index contributed by atoms with van der Waals surface area (Å²) in [7, 11) is 1.60. The summed E-state index contributed by atoms with van der Waals surface area (Å²) in [5.74, 6) is -1.83. The monoisotopic (exact) mass is 474 g/mol. The lowest BCUT2D eigenvalue weighted by Crippen LogP contribution is -2.31. The largest absolute Gasteiger partial charge is 0.481 e. The van der Waals surface area contributed by atoms with Gasteiger partial charge in [-0.1, -0.05) is 55.5 Å². The average molecular weight is 475 g/mol. The molecule has 9 nitrogen and oxygen atoms in total. The van der Waals surface area contributed by atoms with Crippen LogP contribution >= 0.6 is 0 Å². The molecule has 9 heteroatoms. The molecule has 0 bridgehead atoms. The number of aliphatic carboxylic acids is 1. The number of carboxylic acid groups (broad SMARTS) is 1. The molecule has 35 heavy (non-hydrogen) atoms. The highest BCUT2D eigenvalue weighted by Gasteiger charge is 2.38. The SMILES string of the molecule is C[C@@H]1CN(C(=O)c2cc(NC(=O)OCC3c4ccccc4-c4ccccc43)nn2C)C[C@H]1C(=O)O. The second-order valence-electron chi connectivity index (χ2n) is 9.12. The van der Waals surface area contributed by atoms with E-state index in [2.05, 4.69) is 22.5 Å². The van der Waals surface area contributed by atoms with Gasteiger partial charge in [-0.05, 0) is 28.2 Å². The van der Waals surface area contributed by atoms with E-state index in [4.69, 9.17) is 4.74 Å². The van der Waals surface area contributed by atoms with Crippen LogP contribution in [0.1, 0.15) is 34.5 Å². The van der Waals surface area contributed by atoms with Crippen LogP contribution in [0.2, 0.25) is 0 Å². The molecule has 180 valence electrons. The van der Waals surface area contributed by atoms with Crippen LogP contribution in [0.4, 0.5) is 10.6 Å². The summed E-state index contributed by atoms with van der Waals surface area (Å²) in [6.07, 6.45) is -0.662. The first kappa shape index (κ1) is 22.6. The van der Waals surface area contributed by atoms with Gasteiger partial charge in [-0.3, -0.25) is 19.6 Å². The minimum absolute atomic E-state index is 0.0617. The zero-order valence-corrected chi connectivity index (χ0v) is 19.5. The molecule has 2 aliphatic rings. The molecular weight excluding hydrogens is 448 g/mol. The summed E-state index contributed by atoms with van der Waals surface area (Å²) < 4.78 is 6.92. The summed E-state index contributed by atoms with van der Waals surface area (Å²) in [5, 5.41) is 16.1. The first-order valence-corrected chi connectivity index (χ1v) is 11.5. The standard InChI is InChI=1S/C26H26N4O5/c1-15-12-30(13-20(15)25(32)33)24(31)22-11-23(28-29(22)2)27-26(34)35-14-21-18-9-5-3-7-16(18)17-8-4-6-10-19(17)21/h3-11,15,20-21H,12-14H2,1-2H3,(H,32,33)(H,27,28,34)/t15-,20-/m1/s1. The Morgan fingerprint density at radius 2 is 1.69 bits per heavy atom. The highest BCUT2D eigenvalue weighted by atomic mass is 16.5. The van der Waals surface area contributed by atoms with Crippen LogP contribution < -0.4 is 5.32 Å². The zero-order chi connectivity index (χ0) is 24.7. The van der Waals surface area contributed by atoms with Crippen molar-refractivity contribution >= 4 is 23.8 Å². The topological polar surface area (TPSA) is 114 Å². The Balaban J connectivity index is 1.24. The molecule has 3 aromatic rings. The molecule has 1 aliphatic heterocycles. The van der Waals surface area contributed by atoms with Crippen LogP contribution in [0.5, 0.6) is 0 Å². The van der Waals surface area contributed by atoms with Gasteiger partial charge in [0.25, 0.3) is 5.91 Å². The fourth-order valence-electron chi connectivity index (χ4n) is 5.08. The molecule has 5 rings (SSSR count). The van der Waals surface area contributed by atoms with Gasteiger partial charge < -0.3 is 14.7 Å². The first-order valence-electron chi connectivity index (χ1n) is 11.5. The van der Waals surface area contributed by atoms with Crippen molar-refractivity contribution in [2.24, 2.45) is 18.9 Å². The van der Waals surface area contributed by atoms with Crippen LogP contribution in [-0.2, 0) is 16.6 Å². The predicted molar refractivity (Wildman–Crippen MR) is 128 cm³/mol. The second kappa shape index (κ2) is 8.90. The molecule has 1 fully saturated rings. The van der Waals surface area contributed by atoms with Crippen molar-refractivity contribution in [3.8, 4) is 11.1 Å². The minimum atomic E-state index is -0.907. The van der Waals surface area contributed by atoms with E-state index in [1.165, 1.54) is 15.6 Å². The van der Waals surface area contributed by atoms with Crippen molar-refractivity contribution in [3.63, 3.8) is 0 Å². The van der Waals surface area contributed by atoms with Crippen LogP contribution in [0.15, 0.2) is 54.6 Å². The lowest BCUT2D eigenvalue weighted by atomic mass is 9.98. The van der Waals surface area contributed by atoms with Crippen LogP contribution in [0.25, 0.3) is 11.1 Å². The second-order valence-corrected chi connectivity index (χ2v) is 9.12. The number of nitrogens with one attached hydrogen (secondary N) is 1. The Labute approximate surface area is 202 Å². The third-order valence-electron chi connectivity index (χ3n) is 6.89. The van der Waals surface area contributed by atoms with Crippen LogP contribution in [0, 0.1) is 11.8 Å². The highest BCUT2D eigenvalue weighted by Crippen LogP contribution is 2.44. The van der Waals surface area contributed by atoms with Crippen molar-refractivity contribution in [3.05, 3.63) is 71.4 Å². The molecule has 1 aliphatic carbocycles. The normalized spacial score (nSPS) is 18.7. The average Bonchev–Trinajstić information content (AvgIpc) is 3.50. The van der Waals surface area contributed by atoms with Gasteiger partial charge in [0.15, 0.2) is 5.82 Å².